The van der Waals surface area contributed by atoms with Gasteiger partial charge in [-0.3, -0.25) is 0 Å². The summed E-state index contributed by atoms with van der Waals surface area (Å²) in [5, 5.41) is 6.95. The summed E-state index contributed by atoms with van der Waals surface area (Å²) in [7, 11) is 1.68. The lowest BCUT2D eigenvalue weighted by Gasteiger charge is -2.04. The van der Waals surface area contributed by atoms with E-state index < -0.39 is 0 Å². The molecule has 0 bridgehead atoms. The van der Waals surface area contributed by atoms with E-state index in [0.29, 0.717) is 0 Å². The van der Waals surface area contributed by atoms with Crippen LogP contribution in [0.2, 0.25) is 0 Å². The highest BCUT2D eigenvalue weighted by atomic mass is 16.5. The average molecular weight is 251 g/mol. The van der Waals surface area contributed by atoms with Crippen LogP contribution in [0.25, 0.3) is 6.08 Å². The molecule has 0 aliphatic carbocycles. The molecule has 2 nitrogen and oxygen atoms in total. The third-order valence-corrected chi connectivity index (χ3v) is 2.93. The number of hydrogen-bond donors (Lipinski definition) is 1. The minimum absolute atomic E-state index is 0.885. The number of methoxy groups -OCH3 is 1. The van der Waals surface area contributed by atoms with E-state index in [1.54, 1.807) is 13.2 Å². The summed E-state index contributed by atoms with van der Waals surface area (Å²) in [5.74, 6) is 0.885. The second-order valence-electron chi connectivity index (χ2n) is 4.29. The molecule has 96 valence electrons. The first-order chi connectivity index (χ1) is 9.31. The molecule has 2 rings (SSSR count). The molecular formula is C17H17NO. The van der Waals surface area contributed by atoms with E-state index >= 15 is 0 Å². The summed E-state index contributed by atoms with van der Waals surface area (Å²) in [5.41, 5.74) is 3.66. The molecule has 0 aromatic heterocycles. The largest absolute Gasteiger partial charge is 0.497 e. The van der Waals surface area contributed by atoms with Crippen LogP contribution in [0.4, 0.5) is 0 Å². The molecule has 0 radical (unpaired) electrons. The van der Waals surface area contributed by atoms with Gasteiger partial charge in [0.05, 0.1) is 7.11 Å². The van der Waals surface area contributed by atoms with Crippen molar-refractivity contribution < 1.29 is 4.74 Å². The highest BCUT2D eigenvalue weighted by molar-refractivity contribution is 5.75. The summed E-state index contributed by atoms with van der Waals surface area (Å²) >= 11 is 0. The molecule has 0 saturated heterocycles. The maximum Gasteiger partial charge on any atom is 0.118 e. The molecule has 0 unspecified atom stereocenters. The Kier molecular flexibility index (Phi) is 4.51. The minimum atomic E-state index is 0.885. The van der Waals surface area contributed by atoms with Gasteiger partial charge in [-0.2, -0.15) is 0 Å². The van der Waals surface area contributed by atoms with Crippen molar-refractivity contribution >= 4 is 12.3 Å². The zero-order chi connectivity index (χ0) is 13.5. The molecule has 0 atom stereocenters. The zero-order valence-electron chi connectivity index (χ0n) is 11.0. The van der Waals surface area contributed by atoms with Crippen LogP contribution in [-0.4, -0.2) is 13.3 Å². The van der Waals surface area contributed by atoms with Crippen LogP contribution in [0.3, 0.4) is 0 Å². The predicted octanol–water partition coefficient (Wildman–Crippen LogP) is 3.95. The Morgan fingerprint density at radius 1 is 0.947 bits per heavy atom. The highest BCUT2D eigenvalue weighted by Crippen LogP contribution is 2.15. The van der Waals surface area contributed by atoms with Gasteiger partial charge in [-0.05, 0) is 41.3 Å². The third-order valence-electron chi connectivity index (χ3n) is 2.93. The monoisotopic (exact) mass is 251 g/mol. The van der Waals surface area contributed by atoms with E-state index in [0.717, 1.165) is 17.7 Å². The third kappa shape index (κ3) is 3.81. The number of allylic oxidation sites excluding steroid dienone is 1. The fraction of sp³-hybridized carbons (Fsp3) is 0.118. The van der Waals surface area contributed by atoms with Crippen molar-refractivity contribution in [3.8, 4) is 5.75 Å². The van der Waals surface area contributed by atoms with Gasteiger partial charge in [0.2, 0.25) is 0 Å². The summed E-state index contributed by atoms with van der Waals surface area (Å²) in [4.78, 5) is 0. The first kappa shape index (κ1) is 13.1. The first-order valence-corrected chi connectivity index (χ1v) is 6.21. The fourth-order valence-electron chi connectivity index (χ4n) is 1.88. The van der Waals surface area contributed by atoms with Gasteiger partial charge in [-0.1, -0.05) is 42.5 Å². The van der Waals surface area contributed by atoms with Gasteiger partial charge in [0.15, 0.2) is 0 Å². The van der Waals surface area contributed by atoms with Crippen LogP contribution in [0.1, 0.15) is 16.7 Å². The maximum absolute atomic E-state index is 6.95. The maximum atomic E-state index is 6.95. The Morgan fingerprint density at radius 2 is 1.53 bits per heavy atom. The van der Waals surface area contributed by atoms with Gasteiger partial charge < -0.3 is 10.1 Å². The molecular weight excluding hydrogens is 234 g/mol. The van der Waals surface area contributed by atoms with Crippen LogP contribution in [-0.2, 0) is 6.42 Å². The molecule has 19 heavy (non-hydrogen) atoms. The topological polar surface area (TPSA) is 33.1 Å². The SMILES string of the molecule is COc1ccc(Cc2ccc(/C=C/C=N)cc2)cc1. The van der Waals surface area contributed by atoms with Crippen molar-refractivity contribution in [3.05, 3.63) is 71.3 Å². The fourth-order valence-corrected chi connectivity index (χ4v) is 1.88. The molecule has 0 fully saturated rings. The van der Waals surface area contributed by atoms with Crippen LogP contribution in [0.5, 0.6) is 5.75 Å². The lowest BCUT2D eigenvalue weighted by atomic mass is 10.0. The molecule has 0 saturated carbocycles. The van der Waals surface area contributed by atoms with Gasteiger partial charge in [0, 0.05) is 6.21 Å². The molecule has 2 heteroatoms. The van der Waals surface area contributed by atoms with Crippen molar-refractivity contribution in [2.24, 2.45) is 0 Å². The van der Waals surface area contributed by atoms with E-state index in [2.05, 4.69) is 36.4 Å². The number of benzene rings is 2. The average Bonchev–Trinajstić information content (AvgIpc) is 2.47. The summed E-state index contributed by atoms with van der Waals surface area (Å²) in [6, 6.07) is 16.5. The number of rotatable bonds is 5. The van der Waals surface area contributed by atoms with Crippen molar-refractivity contribution in [1.29, 1.82) is 5.41 Å². The first-order valence-electron chi connectivity index (χ1n) is 6.21. The minimum Gasteiger partial charge on any atom is -0.497 e. The second-order valence-corrected chi connectivity index (χ2v) is 4.29. The Bertz CT molecular complexity index is 553. The van der Waals surface area contributed by atoms with Crippen molar-refractivity contribution in [2.45, 2.75) is 6.42 Å². The van der Waals surface area contributed by atoms with Gasteiger partial charge in [0.25, 0.3) is 0 Å². The molecule has 0 aliphatic heterocycles. The van der Waals surface area contributed by atoms with Crippen molar-refractivity contribution in [2.75, 3.05) is 7.11 Å². The van der Waals surface area contributed by atoms with E-state index in [1.165, 1.54) is 17.3 Å². The molecule has 1 N–H and O–H groups in total. The summed E-state index contributed by atoms with van der Waals surface area (Å²) in [6.07, 6.45) is 5.84. The van der Waals surface area contributed by atoms with Crippen LogP contribution in [0.15, 0.2) is 54.6 Å². The zero-order valence-corrected chi connectivity index (χ0v) is 11.0. The Labute approximate surface area is 113 Å². The van der Waals surface area contributed by atoms with Crippen LogP contribution in [0, 0.1) is 5.41 Å². The van der Waals surface area contributed by atoms with Gasteiger partial charge in [-0.25, -0.2) is 0 Å². The van der Waals surface area contributed by atoms with Crippen LogP contribution >= 0.6 is 0 Å². The number of hydrogen-bond acceptors (Lipinski definition) is 2. The van der Waals surface area contributed by atoms with E-state index in [1.807, 2.05) is 18.2 Å². The van der Waals surface area contributed by atoms with Gasteiger partial charge in [-0.15, -0.1) is 0 Å². The Morgan fingerprint density at radius 3 is 2.05 bits per heavy atom. The van der Waals surface area contributed by atoms with Crippen LogP contribution < -0.4 is 4.74 Å². The predicted molar refractivity (Wildman–Crippen MR) is 80.1 cm³/mol. The molecule has 0 aliphatic rings. The van der Waals surface area contributed by atoms with E-state index in [9.17, 15) is 0 Å². The van der Waals surface area contributed by atoms with Crippen molar-refractivity contribution in [1.82, 2.24) is 0 Å². The van der Waals surface area contributed by atoms with E-state index in [4.69, 9.17) is 10.1 Å². The number of nitrogens with one attached hydrogen (secondary N) is 1. The molecule has 2 aromatic rings. The lowest BCUT2D eigenvalue weighted by molar-refractivity contribution is 0.414. The van der Waals surface area contributed by atoms with Gasteiger partial charge >= 0.3 is 0 Å². The highest BCUT2D eigenvalue weighted by Gasteiger charge is 1.97. The molecule has 2 aromatic carbocycles. The molecule has 0 spiro atoms. The Balaban J connectivity index is 2.05. The lowest BCUT2D eigenvalue weighted by Crippen LogP contribution is -1.89. The second kappa shape index (κ2) is 6.55. The summed E-state index contributed by atoms with van der Waals surface area (Å²) in [6.45, 7) is 0. The standard InChI is InChI=1S/C17H17NO/c1-19-17-10-8-16(9-11-17)13-15-6-4-14(5-7-15)3-2-12-18/h2-12,18H,13H2,1H3/b3-2+,18-12?. The quantitative estimate of drug-likeness (QED) is 0.802. The molecule has 0 amide bonds. The van der Waals surface area contributed by atoms with Crippen molar-refractivity contribution in [3.63, 3.8) is 0 Å². The number of ether oxygens (including phenoxy) is 1. The Hall–Kier alpha value is -2.35. The normalized spacial score (nSPS) is 10.6. The van der Waals surface area contributed by atoms with E-state index in [-0.39, 0.29) is 0 Å². The molecule has 0 heterocycles. The van der Waals surface area contributed by atoms with Gasteiger partial charge in [0.1, 0.15) is 5.75 Å². The summed E-state index contributed by atoms with van der Waals surface area (Å²) < 4.78 is 5.15. The smallest absolute Gasteiger partial charge is 0.118 e.